The second kappa shape index (κ2) is 5.93. The molecule has 0 saturated heterocycles. The van der Waals surface area contributed by atoms with Crippen molar-refractivity contribution >= 4 is 43.4 Å². The first-order chi connectivity index (χ1) is 12.8. The summed E-state index contributed by atoms with van der Waals surface area (Å²) in [6, 6.07) is 20.8. The van der Waals surface area contributed by atoms with E-state index in [9.17, 15) is 4.39 Å². The third-order valence-electron chi connectivity index (χ3n) is 4.18. The summed E-state index contributed by atoms with van der Waals surface area (Å²) in [6.45, 7) is 0. The number of hydrogen-bond donors (Lipinski definition) is 2. The maximum Gasteiger partial charge on any atom is 0.188 e. The molecule has 0 atom stereocenters. The summed E-state index contributed by atoms with van der Waals surface area (Å²) in [6.07, 6.45) is 0. The van der Waals surface area contributed by atoms with Crippen molar-refractivity contribution in [3.63, 3.8) is 0 Å². The molecule has 0 unspecified atom stereocenters. The zero-order chi connectivity index (χ0) is 17.5. The minimum atomic E-state index is -0.308. The van der Waals surface area contributed by atoms with Gasteiger partial charge in [-0.25, -0.2) is 14.4 Å². The number of halogens is 1. The molecular formula is C20H13FN4S. The van der Waals surface area contributed by atoms with Gasteiger partial charge >= 0.3 is 0 Å². The average molecular weight is 360 g/mol. The first kappa shape index (κ1) is 15.0. The molecule has 5 aromatic rings. The molecule has 3 aromatic carbocycles. The number of aromatic nitrogens is 3. The lowest BCUT2D eigenvalue weighted by Gasteiger charge is -2.07. The fraction of sp³-hybridized carbons (Fsp3) is 0. The fourth-order valence-corrected chi connectivity index (χ4v) is 3.86. The van der Waals surface area contributed by atoms with E-state index in [0.29, 0.717) is 10.6 Å². The van der Waals surface area contributed by atoms with Gasteiger partial charge in [-0.15, -0.1) is 0 Å². The standard InChI is InChI=1S/C20H13FN4S/c21-13-7-5-11-17-18(13)25-20(26-17)24-14-8-2-1-6-12(14)19-22-15-9-3-4-10-16(15)23-19/h1-11H,(H,22,23)(H,24,25). The summed E-state index contributed by atoms with van der Waals surface area (Å²) in [5, 5.41) is 3.96. The van der Waals surface area contributed by atoms with Crippen molar-refractivity contribution in [2.45, 2.75) is 0 Å². The number of benzene rings is 3. The predicted octanol–water partition coefficient (Wildman–Crippen LogP) is 5.72. The summed E-state index contributed by atoms with van der Waals surface area (Å²) >= 11 is 1.42. The highest BCUT2D eigenvalue weighted by molar-refractivity contribution is 7.22. The molecule has 2 aromatic heterocycles. The smallest absolute Gasteiger partial charge is 0.188 e. The van der Waals surface area contributed by atoms with E-state index in [0.717, 1.165) is 32.8 Å². The highest BCUT2D eigenvalue weighted by atomic mass is 32.1. The summed E-state index contributed by atoms with van der Waals surface area (Å²) in [5.74, 6) is 0.471. The molecule has 0 bridgehead atoms. The van der Waals surface area contributed by atoms with Crippen LogP contribution >= 0.6 is 11.3 Å². The predicted molar refractivity (Wildman–Crippen MR) is 104 cm³/mol. The second-order valence-corrected chi connectivity index (χ2v) is 6.91. The average Bonchev–Trinajstić information content (AvgIpc) is 3.26. The molecule has 126 valence electrons. The number of para-hydroxylation sites is 4. The van der Waals surface area contributed by atoms with Crippen LogP contribution in [0.2, 0.25) is 0 Å². The van der Waals surface area contributed by atoms with Gasteiger partial charge in [-0.2, -0.15) is 0 Å². The summed E-state index contributed by atoms with van der Waals surface area (Å²) < 4.78 is 14.7. The van der Waals surface area contributed by atoms with E-state index in [2.05, 4.69) is 20.3 Å². The monoisotopic (exact) mass is 360 g/mol. The molecule has 2 N–H and O–H groups in total. The Bertz CT molecular complexity index is 1210. The van der Waals surface area contributed by atoms with Crippen LogP contribution in [-0.2, 0) is 0 Å². The normalized spacial score (nSPS) is 11.3. The van der Waals surface area contributed by atoms with Gasteiger partial charge in [0.2, 0.25) is 0 Å². The molecule has 0 aliphatic carbocycles. The third kappa shape index (κ3) is 2.51. The van der Waals surface area contributed by atoms with Crippen LogP contribution in [0.1, 0.15) is 0 Å². The number of imidazole rings is 1. The minimum absolute atomic E-state index is 0.308. The Kier molecular flexibility index (Phi) is 3.43. The van der Waals surface area contributed by atoms with Crippen LogP contribution in [0.15, 0.2) is 66.7 Å². The number of fused-ring (bicyclic) bond motifs is 2. The van der Waals surface area contributed by atoms with Crippen molar-refractivity contribution in [3.8, 4) is 11.4 Å². The Labute approximate surface area is 152 Å². The number of H-pyrrole nitrogens is 1. The van der Waals surface area contributed by atoms with Gasteiger partial charge in [0.05, 0.1) is 21.4 Å². The van der Waals surface area contributed by atoms with Crippen molar-refractivity contribution in [3.05, 3.63) is 72.5 Å². The quantitative estimate of drug-likeness (QED) is 0.432. The Morgan fingerprint density at radius 3 is 2.62 bits per heavy atom. The fourth-order valence-electron chi connectivity index (χ4n) is 2.96. The molecule has 0 radical (unpaired) electrons. The van der Waals surface area contributed by atoms with Crippen LogP contribution < -0.4 is 5.32 Å². The van der Waals surface area contributed by atoms with E-state index in [4.69, 9.17) is 0 Å². The Balaban J connectivity index is 1.58. The van der Waals surface area contributed by atoms with Gasteiger partial charge in [-0.05, 0) is 36.4 Å². The Hall–Kier alpha value is -3.25. The molecular weight excluding hydrogens is 347 g/mol. The summed E-state index contributed by atoms with van der Waals surface area (Å²) in [4.78, 5) is 12.4. The molecule has 0 aliphatic rings. The topological polar surface area (TPSA) is 53.6 Å². The first-order valence-electron chi connectivity index (χ1n) is 8.14. The highest BCUT2D eigenvalue weighted by Gasteiger charge is 2.12. The Morgan fingerprint density at radius 1 is 0.885 bits per heavy atom. The minimum Gasteiger partial charge on any atom is -0.338 e. The van der Waals surface area contributed by atoms with Gasteiger partial charge in [0, 0.05) is 5.56 Å². The maximum absolute atomic E-state index is 13.9. The zero-order valence-electron chi connectivity index (χ0n) is 13.5. The molecule has 2 heterocycles. The van der Waals surface area contributed by atoms with Gasteiger partial charge in [-0.3, -0.25) is 0 Å². The van der Waals surface area contributed by atoms with Crippen LogP contribution in [-0.4, -0.2) is 15.0 Å². The molecule has 0 saturated carbocycles. The van der Waals surface area contributed by atoms with Crippen molar-refractivity contribution in [1.29, 1.82) is 0 Å². The molecule has 0 fully saturated rings. The van der Waals surface area contributed by atoms with E-state index < -0.39 is 0 Å². The van der Waals surface area contributed by atoms with Crippen molar-refractivity contribution in [2.75, 3.05) is 5.32 Å². The van der Waals surface area contributed by atoms with Gasteiger partial charge < -0.3 is 10.3 Å². The molecule has 4 nitrogen and oxygen atoms in total. The number of nitrogens with one attached hydrogen (secondary N) is 2. The number of rotatable bonds is 3. The molecule has 26 heavy (non-hydrogen) atoms. The first-order valence-corrected chi connectivity index (χ1v) is 8.96. The van der Waals surface area contributed by atoms with Crippen LogP contribution in [0, 0.1) is 5.82 Å². The van der Waals surface area contributed by atoms with Crippen LogP contribution in [0.5, 0.6) is 0 Å². The summed E-state index contributed by atoms with van der Waals surface area (Å²) in [5.41, 5.74) is 4.09. The molecule has 0 aliphatic heterocycles. The van der Waals surface area contributed by atoms with E-state index >= 15 is 0 Å². The van der Waals surface area contributed by atoms with Crippen molar-refractivity contribution < 1.29 is 4.39 Å². The number of thiazole rings is 1. The number of aromatic amines is 1. The third-order valence-corrected chi connectivity index (χ3v) is 5.12. The van der Waals surface area contributed by atoms with Crippen molar-refractivity contribution in [2.24, 2.45) is 0 Å². The number of nitrogens with zero attached hydrogens (tertiary/aromatic N) is 2. The van der Waals surface area contributed by atoms with Gasteiger partial charge in [0.25, 0.3) is 0 Å². The second-order valence-electron chi connectivity index (χ2n) is 5.88. The van der Waals surface area contributed by atoms with Crippen LogP contribution in [0.4, 0.5) is 15.2 Å². The van der Waals surface area contributed by atoms with Gasteiger partial charge in [0.15, 0.2) is 5.13 Å². The lowest BCUT2D eigenvalue weighted by molar-refractivity contribution is 0.637. The zero-order valence-corrected chi connectivity index (χ0v) is 14.3. The largest absolute Gasteiger partial charge is 0.338 e. The van der Waals surface area contributed by atoms with Crippen LogP contribution in [0.3, 0.4) is 0 Å². The molecule has 5 rings (SSSR count). The Morgan fingerprint density at radius 2 is 1.73 bits per heavy atom. The van der Waals surface area contributed by atoms with Crippen molar-refractivity contribution in [1.82, 2.24) is 15.0 Å². The SMILES string of the molecule is Fc1cccc2sc(Nc3ccccc3-c3nc4ccccc4[nH]3)nc12. The lowest BCUT2D eigenvalue weighted by atomic mass is 10.1. The molecule has 6 heteroatoms. The molecule has 0 spiro atoms. The van der Waals surface area contributed by atoms with Gasteiger partial charge in [-0.1, -0.05) is 41.7 Å². The maximum atomic E-state index is 13.9. The number of hydrogen-bond acceptors (Lipinski definition) is 4. The van der Waals surface area contributed by atoms with E-state index in [1.54, 1.807) is 6.07 Å². The molecule has 0 amide bonds. The van der Waals surface area contributed by atoms with E-state index in [1.165, 1.54) is 17.4 Å². The van der Waals surface area contributed by atoms with E-state index in [1.807, 2.05) is 54.6 Å². The van der Waals surface area contributed by atoms with E-state index in [-0.39, 0.29) is 5.82 Å². The summed E-state index contributed by atoms with van der Waals surface area (Å²) in [7, 11) is 0. The van der Waals surface area contributed by atoms with Gasteiger partial charge in [0.1, 0.15) is 17.2 Å². The highest BCUT2D eigenvalue weighted by Crippen LogP contribution is 2.33. The van der Waals surface area contributed by atoms with Crippen LogP contribution in [0.25, 0.3) is 32.6 Å². The lowest BCUT2D eigenvalue weighted by Crippen LogP contribution is -1.93. The number of anilines is 2.